The van der Waals surface area contributed by atoms with E-state index in [2.05, 4.69) is 51.3 Å². The van der Waals surface area contributed by atoms with E-state index >= 15 is 0 Å². The minimum atomic E-state index is 0.317. The Kier molecular flexibility index (Phi) is 4.42. The Balaban J connectivity index is 1.46. The smallest absolute Gasteiger partial charge is 0.222 e. The maximum Gasteiger partial charge on any atom is 0.222 e. The summed E-state index contributed by atoms with van der Waals surface area (Å²) < 4.78 is 0. The second kappa shape index (κ2) is 6.86. The van der Waals surface area contributed by atoms with Gasteiger partial charge >= 0.3 is 0 Å². The topological polar surface area (TPSA) is 65.1 Å². The molecular formula is C19H25N5O. The fraction of sp³-hybridized carbons (Fsp3) is 0.526. The molecule has 0 spiro atoms. The predicted molar refractivity (Wildman–Crippen MR) is 96.4 cm³/mol. The monoisotopic (exact) mass is 339 g/mol. The molecule has 1 saturated heterocycles. The Labute approximate surface area is 148 Å². The highest BCUT2D eigenvalue weighted by atomic mass is 16.2. The third kappa shape index (κ3) is 3.25. The molecule has 6 heteroatoms. The second-order valence-corrected chi connectivity index (χ2v) is 6.96. The first kappa shape index (κ1) is 16.1. The number of aromatic nitrogens is 3. The number of carbonyl (C=O) groups excluding carboxylic acids is 1. The molecule has 2 aliphatic heterocycles. The van der Waals surface area contributed by atoms with Crippen molar-refractivity contribution >= 4 is 11.6 Å². The number of anilines is 1. The van der Waals surface area contributed by atoms with Crippen molar-refractivity contribution in [3.8, 4) is 0 Å². The number of hydrogen-bond acceptors (Lipinski definition) is 4. The van der Waals surface area contributed by atoms with E-state index in [1.807, 2.05) is 4.90 Å². The molecule has 25 heavy (non-hydrogen) atoms. The first-order chi connectivity index (χ1) is 12.2. The highest BCUT2D eigenvalue weighted by Gasteiger charge is 2.30. The average Bonchev–Trinajstić information content (AvgIpc) is 3.33. The lowest BCUT2D eigenvalue weighted by Gasteiger charge is -2.20. The van der Waals surface area contributed by atoms with Gasteiger partial charge in [0, 0.05) is 44.1 Å². The number of nitrogens with one attached hydrogen (secondary N) is 1. The van der Waals surface area contributed by atoms with Gasteiger partial charge in [0.05, 0.1) is 6.54 Å². The van der Waals surface area contributed by atoms with Gasteiger partial charge in [-0.25, -0.2) is 4.98 Å². The summed E-state index contributed by atoms with van der Waals surface area (Å²) in [6.07, 6.45) is 3.60. The number of aromatic amines is 1. The van der Waals surface area contributed by atoms with Crippen LogP contribution in [0.1, 0.15) is 49.3 Å². The van der Waals surface area contributed by atoms with E-state index in [-0.39, 0.29) is 0 Å². The number of fused-ring (bicyclic) bond motifs is 1. The van der Waals surface area contributed by atoms with Gasteiger partial charge in [0.2, 0.25) is 5.91 Å². The van der Waals surface area contributed by atoms with Crippen molar-refractivity contribution in [3.05, 3.63) is 41.5 Å². The van der Waals surface area contributed by atoms with Gasteiger partial charge in [-0.2, -0.15) is 5.10 Å². The molecule has 0 radical (unpaired) electrons. The number of H-pyrrole nitrogens is 1. The van der Waals surface area contributed by atoms with Gasteiger partial charge in [-0.3, -0.25) is 9.89 Å². The first-order valence-corrected chi connectivity index (χ1v) is 9.26. The van der Waals surface area contributed by atoms with Crippen molar-refractivity contribution in [2.75, 3.05) is 24.5 Å². The molecule has 2 aliphatic rings. The van der Waals surface area contributed by atoms with Gasteiger partial charge in [0.1, 0.15) is 5.82 Å². The zero-order valence-corrected chi connectivity index (χ0v) is 14.7. The second-order valence-electron chi connectivity index (χ2n) is 6.96. The molecule has 132 valence electrons. The molecule has 0 aliphatic carbocycles. The van der Waals surface area contributed by atoms with E-state index in [9.17, 15) is 4.79 Å². The normalized spacial score (nSPS) is 19.7. The minimum Gasteiger partial charge on any atom is -0.363 e. The molecule has 1 N–H and O–H groups in total. The maximum atomic E-state index is 11.9. The summed E-state index contributed by atoms with van der Waals surface area (Å²) in [7, 11) is 0. The van der Waals surface area contributed by atoms with Crippen molar-refractivity contribution in [1.82, 2.24) is 20.1 Å². The molecule has 1 aromatic heterocycles. The average molecular weight is 339 g/mol. The van der Waals surface area contributed by atoms with E-state index in [0.717, 1.165) is 63.5 Å². The van der Waals surface area contributed by atoms with Gasteiger partial charge in [0.15, 0.2) is 5.82 Å². The van der Waals surface area contributed by atoms with Crippen LogP contribution in [0.2, 0.25) is 0 Å². The molecular weight excluding hydrogens is 314 g/mol. The standard InChI is InChI=1S/C19H25N5O/c1-2-17-20-18(22-21-17)13-24-12-14(15-6-3-4-7-16(15)24)9-11-23-10-5-8-19(23)25/h3-4,6-7,14H,2,5,8-13H2,1H3,(H,20,21,22). The Morgan fingerprint density at radius 2 is 2.16 bits per heavy atom. The van der Waals surface area contributed by atoms with Crippen molar-refractivity contribution in [2.24, 2.45) is 0 Å². The van der Waals surface area contributed by atoms with Crippen LogP contribution in [0.25, 0.3) is 0 Å². The van der Waals surface area contributed by atoms with Crippen LogP contribution in [0.15, 0.2) is 24.3 Å². The van der Waals surface area contributed by atoms with Crippen LogP contribution in [-0.4, -0.2) is 45.6 Å². The quantitative estimate of drug-likeness (QED) is 0.878. The van der Waals surface area contributed by atoms with Gasteiger partial charge < -0.3 is 9.80 Å². The van der Waals surface area contributed by atoms with Gasteiger partial charge in [-0.15, -0.1) is 0 Å². The lowest BCUT2D eigenvalue weighted by Crippen LogP contribution is -2.28. The van der Waals surface area contributed by atoms with Crippen molar-refractivity contribution in [3.63, 3.8) is 0 Å². The Morgan fingerprint density at radius 1 is 1.28 bits per heavy atom. The summed E-state index contributed by atoms with van der Waals surface area (Å²) in [5.74, 6) is 2.57. The van der Waals surface area contributed by atoms with Crippen LogP contribution in [-0.2, 0) is 17.8 Å². The summed E-state index contributed by atoms with van der Waals surface area (Å²) in [6, 6.07) is 8.62. The summed E-state index contributed by atoms with van der Waals surface area (Å²) in [5, 5.41) is 7.30. The number of carbonyl (C=O) groups is 1. The number of rotatable bonds is 6. The number of benzene rings is 1. The third-order valence-corrected chi connectivity index (χ3v) is 5.31. The molecule has 4 rings (SSSR count). The number of aryl methyl sites for hydroxylation is 1. The van der Waals surface area contributed by atoms with E-state index in [0.29, 0.717) is 11.8 Å². The summed E-state index contributed by atoms with van der Waals surface area (Å²) >= 11 is 0. The van der Waals surface area contributed by atoms with Gasteiger partial charge in [0.25, 0.3) is 0 Å². The SMILES string of the molecule is CCc1n[nH]c(CN2CC(CCN3CCCC3=O)c3ccccc32)n1. The molecule has 1 amide bonds. The van der Waals surface area contributed by atoms with Crippen LogP contribution in [0.3, 0.4) is 0 Å². The number of amides is 1. The predicted octanol–water partition coefficient (Wildman–Crippen LogP) is 2.48. The molecule has 1 aromatic carbocycles. The van der Waals surface area contributed by atoms with E-state index in [1.165, 1.54) is 11.3 Å². The molecule has 1 fully saturated rings. The minimum absolute atomic E-state index is 0.317. The van der Waals surface area contributed by atoms with Crippen LogP contribution in [0.5, 0.6) is 0 Å². The molecule has 0 saturated carbocycles. The first-order valence-electron chi connectivity index (χ1n) is 9.26. The Hall–Kier alpha value is -2.37. The number of hydrogen-bond donors (Lipinski definition) is 1. The van der Waals surface area contributed by atoms with Crippen molar-refractivity contribution in [1.29, 1.82) is 0 Å². The molecule has 0 bridgehead atoms. The molecule has 6 nitrogen and oxygen atoms in total. The molecule has 2 aromatic rings. The van der Waals surface area contributed by atoms with Crippen molar-refractivity contribution in [2.45, 2.75) is 45.1 Å². The lowest BCUT2D eigenvalue weighted by atomic mass is 9.98. The zero-order valence-electron chi connectivity index (χ0n) is 14.7. The number of nitrogens with zero attached hydrogens (tertiary/aromatic N) is 4. The van der Waals surface area contributed by atoms with Crippen LogP contribution in [0, 0.1) is 0 Å². The van der Waals surface area contributed by atoms with E-state index < -0.39 is 0 Å². The van der Waals surface area contributed by atoms with E-state index in [1.54, 1.807) is 0 Å². The van der Waals surface area contributed by atoms with Gasteiger partial charge in [-0.05, 0) is 24.5 Å². The Bertz CT molecular complexity index is 756. The maximum absolute atomic E-state index is 11.9. The highest BCUT2D eigenvalue weighted by Crippen LogP contribution is 2.38. The van der Waals surface area contributed by atoms with Crippen molar-refractivity contribution < 1.29 is 4.79 Å². The molecule has 3 heterocycles. The largest absolute Gasteiger partial charge is 0.363 e. The fourth-order valence-electron chi connectivity index (χ4n) is 3.98. The Morgan fingerprint density at radius 3 is 2.92 bits per heavy atom. The summed E-state index contributed by atoms with van der Waals surface area (Å²) in [4.78, 5) is 20.8. The van der Waals surface area contributed by atoms with Gasteiger partial charge in [-0.1, -0.05) is 25.1 Å². The van der Waals surface area contributed by atoms with E-state index in [4.69, 9.17) is 0 Å². The van der Waals surface area contributed by atoms with Crippen LogP contribution < -0.4 is 4.90 Å². The molecule has 1 atom stereocenters. The molecule has 1 unspecified atom stereocenters. The van der Waals surface area contributed by atoms with Crippen LogP contribution >= 0.6 is 0 Å². The lowest BCUT2D eigenvalue weighted by molar-refractivity contribution is -0.127. The fourth-order valence-corrected chi connectivity index (χ4v) is 3.98. The van der Waals surface area contributed by atoms with Crippen LogP contribution in [0.4, 0.5) is 5.69 Å². The third-order valence-electron chi connectivity index (χ3n) is 5.31. The summed E-state index contributed by atoms with van der Waals surface area (Å²) in [6.45, 7) is 5.59. The number of likely N-dealkylation sites (tertiary alicyclic amines) is 1. The zero-order chi connectivity index (χ0) is 17.2. The number of para-hydroxylation sites is 1. The summed E-state index contributed by atoms with van der Waals surface area (Å²) in [5.41, 5.74) is 2.68. The highest BCUT2D eigenvalue weighted by molar-refractivity contribution is 5.78.